The zero-order valence-electron chi connectivity index (χ0n) is 46.4. The maximum Gasteiger partial charge on any atom is 0.220 e. The van der Waals surface area contributed by atoms with Gasteiger partial charge in [-0.1, -0.05) is 247 Å². The van der Waals surface area contributed by atoms with Crippen LogP contribution in [0.2, 0.25) is 0 Å². The van der Waals surface area contributed by atoms with E-state index in [2.05, 4.69) is 79.9 Å². The molecule has 1 saturated heterocycles. The normalized spacial score (nSPS) is 19.7. The van der Waals surface area contributed by atoms with Gasteiger partial charge in [-0.05, 0) is 83.5 Å². The van der Waals surface area contributed by atoms with Crippen molar-refractivity contribution >= 4 is 5.91 Å². The van der Waals surface area contributed by atoms with E-state index in [0.29, 0.717) is 6.42 Å². The number of aliphatic hydroxyl groups is 5. The molecule has 1 aliphatic rings. The van der Waals surface area contributed by atoms with Crippen LogP contribution in [0.1, 0.15) is 264 Å². The Bertz CT molecular complexity index is 1360. The summed E-state index contributed by atoms with van der Waals surface area (Å²) in [5.41, 5.74) is 0. The molecule has 0 aromatic heterocycles. The van der Waals surface area contributed by atoms with E-state index in [1.165, 1.54) is 186 Å². The summed E-state index contributed by atoms with van der Waals surface area (Å²) in [5, 5.41) is 54.5. The molecule has 9 heteroatoms. The Hall–Kier alpha value is -2.37. The van der Waals surface area contributed by atoms with Crippen molar-refractivity contribution in [3.05, 3.63) is 72.9 Å². The van der Waals surface area contributed by atoms with Crippen molar-refractivity contribution in [2.45, 2.75) is 307 Å². The number of hydrogen-bond acceptors (Lipinski definition) is 8. The smallest absolute Gasteiger partial charge is 0.220 e. The molecule has 7 unspecified atom stereocenters. The highest BCUT2D eigenvalue weighted by atomic mass is 16.7. The topological polar surface area (TPSA) is 149 Å². The van der Waals surface area contributed by atoms with Gasteiger partial charge >= 0.3 is 0 Å². The van der Waals surface area contributed by atoms with Crippen LogP contribution in [0.15, 0.2) is 72.9 Å². The lowest BCUT2D eigenvalue weighted by Gasteiger charge is -2.40. The highest BCUT2D eigenvalue weighted by Gasteiger charge is 2.44. The molecule has 1 amide bonds. The lowest BCUT2D eigenvalue weighted by atomic mass is 9.99. The Morgan fingerprint density at radius 2 is 0.833 bits per heavy atom. The fraction of sp³-hybridized carbons (Fsp3) is 0.794. The summed E-state index contributed by atoms with van der Waals surface area (Å²) in [6, 6.07) is -0.832. The van der Waals surface area contributed by atoms with Crippen LogP contribution in [0.4, 0.5) is 0 Å². The number of amides is 1. The number of nitrogens with one attached hydrogen (secondary N) is 1. The molecule has 0 spiro atoms. The van der Waals surface area contributed by atoms with Crippen LogP contribution >= 0.6 is 0 Å². The molecule has 6 N–H and O–H groups in total. The van der Waals surface area contributed by atoms with Crippen molar-refractivity contribution in [2.24, 2.45) is 0 Å². The van der Waals surface area contributed by atoms with E-state index in [9.17, 15) is 30.3 Å². The number of allylic oxidation sites excluding steroid dienone is 11. The van der Waals surface area contributed by atoms with Crippen molar-refractivity contribution in [3.8, 4) is 0 Å². The Morgan fingerprint density at radius 3 is 1.26 bits per heavy atom. The van der Waals surface area contributed by atoms with Crippen LogP contribution in [0.5, 0.6) is 0 Å². The predicted molar refractivity (Wildman–Crippen MR) is 304 cm³/mol. The first-order valence-corrected chi connectivity index (χ1v) is 30.2. The molecule has 0 aliphatic carbocycles. The second-order valence-electron chi connectivity index (χ2n) is 20.8. The summed E-state index contributed by atoms with van der Waals surface area (Å²) in [6.45, 7) is 3.76. The third kappa shape index (κ3) is 40.9. The molecule has 418 valence electrons. The van der Waals surface area contributed by atoms with Gasteiger partial charge in [0.1, 0.15) is 24.4 Å². The molecule has 0 aromatic rings. The summed E-state index contributed by atoms with van der Waals surface area (Å²) in [4.78, 5) is 13.1. The maximum absolute atomic E-state index is 13.1. The van der Waals surface area contributed by atoms with E-state index in [-0.39, 0.29) is 12.5 Å². The average molecular weight is 1010 g/mol. The number of ether oxygens (including phenoxy) is 2. The summed E-state index contributed by atoms with van der Waals surface area (Å²) in [6.07, 6.45) is 65.4. The van der Waals surface area contributed by atoms with Crippen molar-refractivity contribution in [3.63, 3.8) is 0 Å². The predicted octanol–water partition coefficient (Wildman–Crippen LogP) is 15.2. The van der Waals surface area contributed by atoms with Crippen molar-refractivity contribution < 1.29 is 39.8 Å². The highest BCUT2D eigenvalue weighted by Crippen LogP contribution is 2.23. The maximum atomic E-state index is 13.1. The van der Waals surface area contributed by atoms with Gasteiger partial charge in [-0.15, -0.1) is 0 Å². The van der Waals surface area contributed by atoms with Gasteiger partial charge in [-0.2, -0.15) is 0 Å². The fourth-order valence-corrected chi connectivity index (χ4v) is 9.20. The lowest BCUT2D eigenvalue weighted by Crippen LogP contribution is -2.60. The minimum Gasteiger partial charge on any atom is -0.394 e. The van der Waals surface area contributed by atoms with E-state index in [1.54, 1.807) is 6.08 Å². The minimum absolute atomic E-state index is 0.192. The third-order valence-corrected chi connectivity index (χ3v) is 14.0. The Kier molecular flexibility index (Phi) is 48.9. The third-order valence-electron chi connectivity index (χ3n) is 14.0. The number of carbonyl (C=O) groups excluding carboxylic acids is 1. The van der Waals surface area contributed by atoms with Crippen molar-refractivity contribution in [1.82, 2.24) is 5.32 Å². The van der Waals surface area contributed by atoms with E-state index in [0.717, 1.165) is 57.8 Å². The average Bonchev–Trinajstić information content (AvgIpc) is 3.38. The summed E-state index contributed by atoms with van der Waals surface area (Å²) in [7, 11) is 0. The highest BCUT2D eigenvalue weighted by molar-refractivity contribution is 5.76. The second kappa shape index (κ2) is 52.1. The van der Waals surface area contributed by atoms with Crippen molar-refractivity contribution in [2.75, 3.05) is 13.2 Å². The Balaban J connectivity index is 2.22. The molecule has 1 fully saturated rings. The van der Waals surface area contributed by atoms with E-state index in [4.69, 9.17) is 9.47 Å². The Morgan fingerprint density at radius 1 is 0.472 bits per heavy atom. The van der Waals surface area contributed by atoms with Gasteiger partial charge < -0.3 is 40.3 Å². The zero-order valence-corrected chi connectivity index (χ0v) is 46.4. The van der Waals surface area contributed by atoms with E-state index < -0.39 is 49.5 Å². The summed E-state index contributed by atoms with van der Waals surface area (Å²) >= 11 is 0. The van der Waals surface area contributed by atoms with E-state index in [1.807, 2.05) is 6.08 Å². The summed E-state index contributed by atoms with van der Waals surface area (Å²) < 4.78 is 11.3. The molecule has 1 rings (SSSR count). The standard InChI is InChI=1S/C63H113NO8/c1-3-5-7-9-11-13-15-17-19-21-23-25-26-27-28-29-30-31-32-33-35-37-39-41-43-45-47-49-51-53-59(67)64-56(55-71-63-62(70)61(69)60(68)58(54-65)72-63)57(66)52-50-48-46-44-42-40-38-36-34-24-22-20-18-16-14-12-10-8-6-4-2/h15,17,21,23,26-27,34,36,42,44,50,52,56-58,60-63,65-66,68-70H,3-14,16,18-20,22,24-25,28-33,35,37-41,43,45-49,51,53-55H2,1-2H3,(H,64,67)/b17-15-,23-21-,27-26-,36-34+,44-42+,52-50+. The Labute approximate surface area is 442 Å². The van der Waals surface area contributed by atoms with Crippen LogP contribution < -0.4 is 5.32 Å². The first kappa shape index (κ1) is 67.6. The number of carbonyl (C=O) groups is 1. The van der Waals surface area contributed by atoms with Crippen LogP contribution in [-0.2, 0) is 14.3 Å². The minimum atomic E-state index is -1.58. The molecule has 9 nitrogen and oxygen atoms in total. The number of rotatable bonds is 51. The lowest BCUT2D eigenvalue weighted by molar-refractivity contribution is -0.302. The molecular weight excluding hydrogens is 899 g/mol. The van der Waals surface area contributed by atoms with Crippen LogP contribution in [0.3, 0.4) is 0 Å². The molecule has 0 radical (unpaired) electrons. The zero-order chi connectivity index (χ0) is 52.2. The van der Waals surface area contributed by atoms with Crippen LogP contribution in [-0.4, -0.2) is 87.5 Å². The van der Waals surface area contributed by atoms with Gasteiger partial charge in [0.05, 0.1) is 25.4 Å². The molecule has 0 aromatic carbocycles. The van der Waals surface area contributed by atoms with Crippen LogP contribution in [0.25, 0.3) is 0 Å². The largest absolute Gasteiger partial charge is 0.394 e. The van der Waals surface area contributed by atoms with Crippen molar-refractivity contribution in [1.29, 1.82) is 0 Å². The van der Waals surface area contributed by atoms with Gasteiger partial charge in [-0.3, -0.25) is 4.79 Å². The SMILES string of the molecule is CCCCCCC/C=C\C/C=C\C/C=C\CCCCCCCCCCCCCCCCC(=O)NC(COC1OC(CO)C(O)C(O)C1O)C(O)/C=C/CC/C=C/CC/C=C/CCCCCCCCCCCC. The van der Waals surface area contributed by atoms with Gasteiger partial charge in [0.25, 0.3) is 0 Å². The molecule has 1 aliphatic heterocycles. The first-order chi connectivity index (χ1) is 35.3. The molecule has 72 heavy (non-hydrogen) atoms. The number of unbranched alkanes of at least 4 members (excludes halogenated alkanes) is 31. The summed E-state index contributed by atoms with van der Waals surface area (Å²) in [5.74, 6) is -0.192. The molecular formula is C63H113NO8. The molecule has 7 atom stereocenters. The molecule has 0 saturated carbocycles. The van der Waals surface area contributed by atoms with Gasteiger partial charge in [0, 0.05) is 6.42 Å². The van der Waals surface area contributed by atoms with E-state index >= 15 is 0 Å². The van der Waals surface area contributed by atoms with Crippen LogP contribution in [0, 0.1) is 0 Å². The first-order valence-electron chi connectivity index (χ1n) is 30.2. The number of aliphatic hydroxyl groups excluding tert-OH is 5. The molecule has 1 heterocycles. The quantitative estimate of drug-likeness (QED) is 0.0261. The van der Waals surface area contributed by atoms with Gasteiger partial charge in [-0.25, -0.2) is 0 Å². The van der Waals surface area contributed by atoms with Gasteiger partial charge in [0.15, 0.2) is 6.29 Å². The van der Waals surface area contributed by atoms with Gasteiger partial charge in [0.2, 0.25) is 5.91 Å². The fourth-order valence-electron chi connectivity index (χ4n) is 9.20. The molecule has 0 bridgehead atoms. The second-order valence-corrected chi connectivity index (χ2v) is 20.8. The number of hydrogen-bond donors (Lipinski definition) is 6. The monoisotopic (exact) mass is 1010 g/mol.